The number of hydrogen-bond donors (Lipinski definition) is 0. The molecule has 1 aromatic heterocycles. The van der Waals surface area contributed by atoms with Gasteiger partial charge in [-0.05, 0) is 12.8 Å². The van der Waals surface area contributed by atoms with Crippen molar-refractivity contribution < 1.29 is 21.5 Å². The quantitative estimate of drug-likeness (QED) is 0.292. The molecule has 0 N–H and O–H groups in total. The van der Waals surface area contributed by atoms with Crippen molar-refractivity contribution in [2.24, 2.45) is 0 Å². The molecule has 0 radical (unpaired) electrons. The summed E-state index contributed by atoms with van der Waals surface area (Å²) in [6, 6.07) is 21.8. The monoisotopic (exact) mass is 454 g/mol. The first-order chi connectivity index (χ1) is 13.9. The van der Waals surface area contributed by atoms with E-state index in [-0.39, 0.29) is 23.0 Å². The minimum absolute atomic E-state index is 0. The first-order valence-electron chi connectivity index (χ1n) is 11.0. The van der Waals surface area contributed by atoms with Crippen molar-refractivity contribution in [1.29, 1.82) is 0 Å². The Morgan fingerprint density at radius 1 is 0.724 bits per heavy atom. The molecule has 3 rings (SSSR count). The highest BCUT2D eigenvalue weighted by molar-refractivity contribution is 5.32. The zero-order valence-corrected chi connectivity index (χ0v) is 19.3. The number of nitrogens with zero attached hydrogens (tertiary/aromatic N) is 2. The van der Waals surface area contributed by atoms with Crippen molar-refractivity contribution in [2.75, 3.05) is 0 Å². The normalized spacial score (nSPS) is 10.8. The first-order valence-corrected chi connectivity index (χ1v) is 11.0. The summed E-state index contributed by atoms with van der Waals surface area (Å²) >= 11 is 0. The van der Waals surface area contributed by atoms with Crippen molar-refractivity contribution in [2.45, 2.75) is 70.9 Å². The van der Waals surface area contributed by atoms with Crippen LogP contribution in [0, 0.1) is 0 Å². The second kappa shape index (κ2) is 13.4. The lowest BCUT2D eigenvalue weighted by Crippen LogP contribution is -3.00. The number of benzene rings is 2. The molecule has 2 aromatic carbocycles. The average Bonchev–Trinajstić information content (AvgIpc) is 3.20. The molecular formula is C26H35BrN2. The van der Waals surface area contributed by atoms with Gasteiger partial charge in [-0.25, -0.2) is 9.13 Å². The third-order valence-corrected chi connectivity index (χ3v) is 5.51. The third kappa shape index (κ3) is 7.47. The van der Waals surface area contributed by atoms with Gasteiger partial charge in [0.15, 0.2) is 6.04 Å². The van der Waals surface area contributed by atoms with Crippen LogP contribution in [0.15, 0.2) is 79.4 Å². The van der Waals surface area contributed by atoms with Crippen LogP contribution in [-0.4, -0.2) is 4.57 Å². The molecule has 3 aromatic rings. The van der Waals surface area contributed by atoms with Crippen LogP contribution in [-0.2, 0) is 6.54 Å². The highest BCUT2D eigenvalue weighted by atomic mass is 79.9. The molecule has 0 aliphatic carbocycles. The van der Waals surface area contributed by atoms with E-state index in [2.05, 4.69) is 95.4 Å². The van der Waals surface area contributed by atoms with Crippen molar-refractivity contribution in [3.8, 4) is 0 Å². The SMILES string of the molecule is CCCCCCCCCC[n+]1ccn(C(c2ccccc2)c2ccccc2)c1.[Br-]. The molecule has 0 bridgehead atoms. The number of aromatic nitrogens is 2. The van der Waals surface area contributed by atoms with Gasteiger partial charge in [0, 0.05) is 11.1 Å². The lowest BCUT2D eigenvalue weighted by Gasteiger charge is -2.14. The smallest absolute Gasteiger partial charge is 0.244 e. The fraction of sp³-hybridized carbons (Fsp3) is 0.423. The molecule has 0 saturated carbocycles. The van der Waals surface area contributed by atoms with E-state index in [0.717, 1.165) is 6.54 Å². The standard InChI is InChI=1S/C26H35N2.BrH/c1-2-3-4-5-6-7-8-15-20-27-21-22-28(23-27)26(24-16-11-9-12-17-24)25-18-13-10-14-19-25;/h9-14,16-19,21-23,26H,2-8,15,20H2,1H3;1H/q+1;/p-1. The second-order valence-electron chi connectivity index (χ2n) is 7.80. The minimum atomic E-state index is 0. The summed E-state index contributed by atoms with van der Waals surface area (Å²) in [4.78, 5) is 0. The maximum Gasteiger partial charge on any atom is 0.244 e. The predicted molar refractivity (Wildman–Crippen MR) is 117 cm³/mol. The molecule has 1 heterocycles. The lowest BCUT2D eigenvalue weighted by atomic mass is 9.99. The number of halogens is 1. The number of imidazole rings is 1. The molecule has 0 spiro atoms. The van der Waals surface area contributed by atoms with Crippen LogP contribution in [0.5, 0.6) is 0 Å². The van der Waals surface area contributed by atoms with Crippen LogP contribution >= 0.6 is 0 Å². The number of aryl methyl sites for hydroxylation is 1. The van der Waals surface area contributed by atoms with E-state index in [0.29, 0.717) is 0 Å². The van der Waals surface area contributed by atoms with E-state index in [1.807, 2.05) is 0 Å². The van der Waals surface area contributed by atoms with Gasteiger partial charge >= 0.3 is 0 Å². The molecule has 0 fully saturated rings. The summed E-state index contributed by atoms with van der Waals surface area (Å²) in [5.74, 6) is 0. The molecule has 156 valence electrons. The van der Waals surface area contributed by atoms with Gasteiger partial charge < -0.3 is 17.0 Å². The summed E-state index contributed by atoms with van der Waals surface area (Å²) in [6.45, 7) is 3.39. The molecule has 0 atom stereocenters. The Labute approximate surface area is 187 Å². The van der Waals surface area contributed by atoms with Gasteiger partial charge in [-0.1, -0.05) is 106 Å². The summed E-state index contributed by atoms with van der Waals surface area (Å²) in [5.41, 5.74) is 2.65. The first kappa shape index (κ1) is 23.4. The number of rotatable bonds is 12. The van der Waals surface area contributed by atoms with E-state index in [1.54, 1.807) is 0 Å². The fourth-order valence-corrected chi connectivity index (χ4v) is 3.93. The highest BCUT2D eigenvalue weighted by Gasteiger charge is 2.21. The fourth-order valence-electron chi connectivity index (χ4n) is 3.93. The summed E-state index contributed by atoms with van der Waals surface area (Å²) in [6.07, 6.45) is 17.6. The zero-order chi connectivity index (χ0) is 19.4. The highest BCUT2D eigenvalue weighted by Crippen LogP contribution is 2.25. The summed E-state index contributed by atoms with van der Waals surface area (Å²) in [7, 11) is 0. The van der Waals surface area contributed by atoms with Crippen LogP contribution in [0.3, 0.4) is 0 Å². The Morgan fingerprint density at radius 3 is 1.79 bits per heavy atom. The van der Waals surface area contributed by atoms with Crippen LogP contribution in [0.4, 0.5) is 0 Å². The van der Waals surface area contributed by atoms with Crippen molar-refractivity contribution in [3.63, 3.8) is 0 Å². The Balaban J connectivity index is 0.00000300. The molecule has 29 heavy (non-hydrogen) atoms. The van der Waals surface area contributed by atoms with Gasteiger partial charge in [-0.2, -0.15) is 0 Å². The largest absolute Gasteiger partial charge is 1.00 e. The van der Waals surface area contributed by atoms with Crippen molar-refractivity contribution >= 4 is 0 Å². The molecule has 3 heteroatoms. The van der Waals surface area contributed by atoms with Gasteiger partial charge in [0.2, 0.25) is 6.33 Å². The zero-order valence-electron chi connectivity index (χ0n) is 17.7. The second-order valence-corrected chi connectivity index (χ2v) is 7.80. The van der Waals surface area contributed by atoms with Crippen LogP contribution in [0.2, 0.25) is 0 Å². The van der Waals surface area contributed by atoms with E-state index in [4.69, 9.17) is 0 Å². The Hall–Kier alpha value is -1.87. The number of hydrogen-bond acceptors (Lipinski definition) is 0. The molecule has 0 unspecified atom stereocenters. The number of unbranched alkanes of at least 4 members (excludes halogenated alkanes) is 7. The van der Waals surface area contributed by atoms with Crippen LogP contribution in [0.1, 0.15) is 75.5 Å². The molecular weight excluding hydrogens is 420 g/mol. The average molecular weight is 455 g/mol. The molecule has 0 aliphatic rings. The summed E-state index contributed by atoms with van der Waals surface area (Å²) < 4.78 is 4.69. The van der Waals surface area contributed by atoms with E-state index in [1.165, 1.54) is 62.5 Å². The lowest BCUT2D eigenvalue weighted by molar-refractivity contribution is -0.697. The molecule has 0 amide bonds. The van der Waals surface area contributed by atoms with Gasteiger partial charge in [0.05, 0.1) is 6.54 Å². The molecule has 2 nitrogen and oxygen atoms in total. The minimum Gasteiger partial charge on any atom is -1.00 e. The van der Waals surface area contributed by atoms with Gasteiger partial charge in [0.25, 0.3) is 0 Å². The summed E-state index contributed by atoms with van der Waals surface area (Å²) in [5, 5.41) is 0. The molecule has 0 aliphatic heterocycles. The topological polar surface area (TPSA) is 8.81 Å². The van der Waals surface area contributed by atoms with Crippen molar-refractivity contribution in [1.82, 2.24) is 4.57 Å². The van der Waals surface area contributed by atoms with Crippen LogP contribution in [0.25, 0.3) is 0 Å². The van der Waals surface area contributed by atoms with Gasteiger partial charge in [0.1, 0.15) is 12.4 Å². The van der Waals surface area contributed by atoms with Crippen LogP contribution < -0.4 is 21.5 Å². The van der Waals surface area contributed by atoms with Gasteiger partial charge in [-0.15, -0.1) is 0 Å². The Kier molecular flexibility index (Phi) is 10.8. The Morgan fingerprint density at radius 2 is 1.24 bits per heavy atom. The van der Waals surface area contributed by atoms with E-state index >= 15 is 0 Å². The van der Waals surface area contributed by atoms with E-state index < -0.39 is 0 Å². The van der Waals surface area contributed by atoms with Crippen molar-refractivity contribution in [3.05, 3.63) is 90.5 Å². The third-order valence-electron chi connectivity index (χ3n) is 5.51. The maximum absolute atomic E-state index is 2.34. The van der Waals surface area contributed by atoms with E-state index in [9.17, 15) is 0 Å². The Bertz CT molecular complexity index is 743. The molecule has 0 saturated heterocycles. The van der Waals surface area contributed by atoms with Gasteiger partial charge in [-0.3, -0.25) is 0 Å². The maximum atomic E-state index is 2.34. The predicted octanol–water partition coefficient (Wildman–Crippen LogP) is 3.56.